The lowest BCUT2D eigenvalue weighted by Gasteiger charge is -2.15. The molecule has 1 atom stereocenters. The van der Waals surface area contributed by atoms with Gasteiger partial charge in [0.05, 0.1) is 29.2 Å². The van der Waals surface area contributed by atoms with Gasteiger partial charge in [-0.1, -0.05) is 18.2 Å². The van der Waals surface area contributed by atoms with E-state index in [2.05, 4.69) is 21.8 Å². The third-order valence-electron chi connectivity index (χ3n) is 4.77. The third-order valence-corrected chi connectivity index (χ3v) is 5.77. The molecule has 0 aliphatic carbocycles. The molecule has 4 rings (SSSR count). The number of para-hydroxylation sites is 1. The Kier molecular flexibility index (Phi) is 4.15. The van der Waals surface area contributed by atoms with Gasteiger partial charge < -0.3 is 15.0 Å². The van der Waals surface area contributed by atoms with Crippen LogP contribution in [0.4, 0.5) is 0 Å². The maximum atomic E-state index is 12.9. The highest BCUT2D eigenvalue weighted by Gasteiger charge is 2.26. The van der Waals surface area contributed by atoms with Crippen LogP contribution in [-0.4, -0.2) is 28.5 Å². The first kappa shape index (κ1) is 16.1. The minimum atomic E-state index is -0.193. The molecule has 2 aromatic heterocycles. The Balaban J connectivity index is 1.86. The standard InChI is InChI=1S/C19H19N3O2S/c1-22-15-6-3-2-5-12(15)18(23)17(19(22)24)14-11-13(20-8-9-21-14)16-7-4-10-25-16/h2-7,10,13,20,23H,8-9,11H2,1H3/p+1/t13-/m0/s1. The number of rotatable bonds is 2. The Bertz CT molecular complexity index is 1010. The van der Waals surface area contributed by atoms with Gasteiger partial charge in [-0.25, -0.2) is 0 Å². The van der Waals surface area contributed by atoms with Crippen LogP contribution in [-0.2, 0) is 7.05 Å². The molecule has 5 nitrogen and oxygen atoms in total. The summed E-state index contributed by atoms with van der Waals surface area (Å²) >= 11 is 1.72. The minimum Gasteiger partial charge on any atom is -0.506 e. The fourth-order valence-corrected chi connectivity index (χ4v) is 4.30. The monoisotopic (exact) mass is 354 g/mol. The number of thiophene rings is 1. The predicted octanol–water partition coefficient (Wildman–Crippen LogP) is 1.80. The van der Waals surface area contributed by atoms with Crippen LogP contribution in [0.15, 0.2) is 51.6 Å². The topological polar surface area (TPSA) is 71.2 Å². The maximum Gasteiger partial charge on any atom is 0.263 e. The van der Waals surface area contributed by atoms with Gasteiger partial charge in [-0.2, -0.15) is 0 Å². The molecule has 128 valence electrons. The van der Waals surface area contributed by atoms with Gasteiger partial charge in [-0.15, -0.1) is 11.3 Å². The van der Waals surface area contributed by atoms with Crippen molar-refractivity contribution in [3.05, 3.63) is 62.6 Å². The van der Waals surface area contributed by atoms with Crippen molar-refractivity contribution in [2.75, 3.05) is 13.1 Å². The van der Waals surface area contributed by atoms with Crippen molar-refractivity contribution >= 4 is 28.0 Å². The van der Waals surface area contributed by atoms with E-state index in [1.54, 1.807) is 23.0 Å². The Hall–Kier alpha value is -2.44. The summed E-state index contributed by atoms with van der Waals surface area (Å²) in [6.45, 7) is 1.52. The van der Waals surface area contributed by atoms with Crippen LogP contribution in [0.5, 0.6) is 5.75 Å². The molecule has 1 aromatic carbocycles. The normalized spacial score (nSPS) is 18.1. The molecule has 0 unspecified atom stereocenters. The second-order valence-electron chi connectivity index (χ2n) is 6.28. The number of aromatic nitrogens is 1. The summed E-state index contributed by atoms with van der Waals surface area (Å²) in [5.41, 5.74) is 1.58. The fraction of sp³-hybridized carbons (Fsp3) is 0.263. The van der Waals surface area contributed by atoms with E-state index in [-0.39, 0.29) is 17.4 Å². The quantitative estimate of drug-likeness (QED) is 0.737. The zero-order chi connectivity index (χ0) is 17.4. The summed E-state index contributed by atoms with van der Waals surface area (Å²) in [5, 5.41) is 15.8. The lowest BCUT2D eigenvalue weighted by Crippen LogP contribution is -2.85. The van der Waals surface area contributed by atoms with E-state index in [4.69, 9.17) is 0 Å². The van der Waals surface area contributed by atoms with Crippen molar-refractivity contribution in [2.24, 2.45) is 12.0 Å². The minimum absolute atomic E-state index is 0.0456. The number of aliphatic imine (C=N–C) groups is 1. The Labute approximate surface area is 149 Å². The number of pyridine rings is 1. The molecular formula is C19H20N3O2S+. The summed E-state index contributed by atoms with van der Waals surface area (Å²) in [5.74, 6) is 0.0456. The Morgan fingerprint density at radius 2 is 2.12 bits per heavy atom. The van der Waals surface area contributed by atoms with Gasteiger partial charge in [0, 0.05) is 18.9 Å². The van der Waals surface area contributed by atoms with E-state index < -0.39 is 0 Å². The molecule has 0 amide bonds. The van der Waals surface area contributed by atoms with Crippen molar-refractivity contribution in [3.8, 4) is 5.75 Å². The van der Waals surface area contributed by atoms with Gasteiger partial charge in [0.2, 0.25) is 0 Å². The van der Waals surface area contributed by atoms with Crippen molar-refractivity contribution < 1.29 is 10.4 Å². The van der Waals surface area contributed by atoms with E-state index in [0.29, 0.717) is 29.6 Å². The molecular weight excluding hydrogens is 334 g/mol. The highest BCUT2D eigenvalue weighted by Crippen LogP contribution is 2.29. The summed E-state index contributed by atoms with van der Waals surface area (Å²) in [7, 11) is 1.74. The first-order chi connectivity index (χ1) is 12.2. The number of hydrogen-bond donors (Lipinski definition) is 2. The van der Waals surface area contributed by atoms with Crippen LogP contribution < -0.4 is 10.9 Å². The molecule has 3 N–H and O–H groups in total. The number of benzene rings is 1. The average Bonchev–Trinajstić information content (AvgIpc) is 3.06. The maximum absolute atomic E-state index is 12.9. The van der Waals surface area contributed by atoms with Gasteiger partial charge in [0.1, 0.15) is 17.4 Å². The Morgan fingerprint density at radius 1 is 1.28 bits per heavy atom. The largest absolute Gasteiger partial charge is 0.506 e. The third kappa shape index (κ3) is 2.77. The van der Waals surface area contributed by atoms with Crippen LogP contribution >= 0.6 is 11.3 Å². The van der Waals surface area contributed by atoms with Gasteiger partial charge in [-0.3, -0.25) is 9.79 Å². The number of hydrogen-bond acceptors (Lipinski definition) is 4. The number of quaternary nitrogens is 1. The van der Waals surface area contributed by atoms with E-state index in [1.165, 1.54) is 4.88 Å². The van der Waals surface area contributed by atoms with E-state index in [9.17, 15) is 9.90 Å². The molecule has 0 saturated heterocycles. The second kappa shape index (κ2) is 6.46. The highest BCUT2D eigenvalue weighted by atomic mass is 32.1. The summed E-state index contributed by atoms with van der Waals surface area (Å²) in [6.07, 6.45) is 0.641. The lowest BCUT2D eigenvalue weighted by molar-refractivity contribution is -0.691. The number of nitrogens with two attached hydrogens (primary N) is 1. The second-order valence-corrected chi connectivity index (χ2v) is 7.26. The van der Waals surface area contributed by atoms with Crippen molar-refractivity contribution in [1.29, 1.82) is 0 Å². The molecule has 0 radical (unpaired) electrons. The fourth-order valence-electron chi connectivity index (χ4n) is 3.47. The van der Waals surface area contributed by atoms with Crippen LogP contribution in [0, 0.1) is 0 Å². The molecule has 0 bridgehead atoms. The first-order valence-corrected chi connectivity index (χ1v) is 9.26. The molecule has 1 aliphatic rings. The number of nitrogens with zero attached hydrogens (tertiary/aromatic N) is 2. The molecule has 3 heterocycles. The van der Waals surface area contributed by atoms with Crippen LogP contribution in [0.1, 0.15) is 22.9 Å². The highest BCUT2D eigenvalue weighted by molar-refractivity contribution is 7.10. The zero-order valence-electron chi connectivity index (χ0n) is 14.0. The molecule has 6 heteroatoms. The summed E-state index contributed by atoms with van der Waals surface area (Å²) in [6, 6.07) is 11.8. The van der Waals surface area contributed by atoms with Crippen molar-refractivity contribution in [3.63, 3.8) is 0 Å². The zero-order valence-corrected chi connectivity index (χ0v) is 14.8. The molecule has 25 heavy (non-hydrogen) atoms. The van der Waals surface area contributed by atoms with Crippen LogP contribution in [0.3, 0.4) is 0 Å². The summed E-state index contributed by atoms with van der Waals surface area (Å²) < 4.78 is 1.60. The first-order valence-electron chi connectivity index (χ1n) is 8.38. The SMILES string of the molecule is Cn1c(=O)c(C2=NCC[NH2+][C@H](c3cccs3)C2)c(O)c2ccccc21. The van der Waals surface area contributed by atoms with Gasteiger partial charge in [-0.05, 0) is 23.6 Å². The molecule has 1 aliphatic heterocycles. The molecule has 0 spiro atoms. The van der Waals surface area contributed by atoms with E-state index in [1.807, 2.05) is 30.3 Å². The number of fused-ring (bicyclic) bond motifs is 1. The van der Waals surface area contributed by atoms with Gasteiger partial charge in [0.25, 0.3) is 5.56 Å². The smallest absolute Gasteiger partial charge is 0.263 e. The Morgan fingerprint density at radius 3 is 2.92 bits per heavy atom. The average molecular weight is 354 g/mol. The summed E-state index contributed by atoms with van der Waals surface area (Å²) in [4.78, 5) is 18.8. The molecule has 0 fully saturated rings. The lowest BCUT2D eigenvalue weighted by atomic mass is 10.00. The van der Waals surface area contributed by atoms with Crippen LogP contribution in [0.2, 0.25) is 0 Å². The van der Waals surface area contributed by atoms with Crippen molar-refractivity contribution in [2.45, 2.75) is 12.5 Å². The predicted molar refractivity (Wildman–Crippen MR) is 101 cm³/mol. The van der Waals surface area contributed by atoms with E-state index >= 15 is 0 Å². The van der Waals surface area contributed by atoms with Crippen LogP contribution in [0.25, 0.3) is 10.9 Å². The molecule has 3 aromatic rings. The molecule has 0 saturated carbocycles. The van der Waals surface area contributed by atoms with Gasteiger partial charge in [0.15, 0.2) is 0 Å². The van der Waals surface area contributed by atoms with Gasteiger partial charge >= 0.3 is 0 Å². The number of aromatic hydroxyl groups is 1. The van der Waals surface area contributed by atoms with Crippen molar-refractivity contribution in [1.82, 2.24) is 4.57 Å². The van der Waals surface area contributed by atoms with E-state index in [0.717, 1.165) is 12.1 Å². The number of aryl methyl sites for hydroxylation is 1.